The van der Waals surface area contributed by atoms with E-state index in [-0.39, 0.29) is 5.70 Å². The van der Waals surface area contributed by atoms with E-state index < -0.39 is 5.97 Å². The van der Waals surface area contributed by atoms with Crippen molar-refractivity contribution in [3.63, 3.8) is 0 Å². The zero-order chi connectivity index (χ0) is 11.8. The van der Waals surface area contributed by atoms with Crippen LogP contribution in [0.5, 0.6) is 0 Å². The Bertz CT molecular complexity index is 357. The molecular weight excluding hydrogens is 202 g/mol. The van der Waals surface area contributed by atoms with Gasteiger partial charge in [0.05, 0.1) is 6.61 Å². The normalized spacial score (nSPS) is 11.2. The first-order chi connectivity index (χ1) is 7.74. The lowest BCUT2D eigenvalue weighted by atomic mass is 10.1. The Hall–Kier alpha value is -1.77. The van der Waals surface area contributed by atoms with E-state index in [4.69, 9.17) is 10.5 Å². The highest BCUT2D eigenvalue weighted by Gasteiger charge is 2.03. The van der Waals surface area contributed by atoms with Gasteiger partial charge in [-0.1, -0.05) is 36.4 Å². The number of carbonyl (C=O) groups is 1. The summed E-state index contributed by atoms with van der Waals surface area (Å²) < 4.78 is 4.77. The zero-order valence-corrected chi connectivity index (χ0v) is 9.48. The summed E-state index contributed by atoms with van der Waals surface area (Å²) in [7, 11) is 0. The second kappa shape index (κ2) is 6.67. The monoisotopic (exact) mass is 219 g/mol. The molecular formula is C13H17NO2. The van der Waals surface area contributed by atoms with Gasteiger partial charge in [-0.05, 0) is 25.3 Å². The highest BCUT2D eigenvalue weighted by Crippen LogP contribution is 2.04. The molecule has 0 spiro atoms. The van der Waals surface area contributed by atoms with Crippen molar-refractivity contribution in [2.45, 2.75) is 19.8 Å². The minimum atomic E-state index is -0.435. The molecule has 0 aliphatic carbocycles. The Morgan fingerprint density at radius 1 is 1.38 bits per heavy atom. The fraction of sp³-hybridized carbons (Fsp3) is 0.308. The molecule has 16 heavy (non-hydrogen) atoms. The lowest BCUT2D eigenvalue weighted by Gasteiger charge is -2.01. The number of benzene rings is 1. The summed E-state index contributed by atoms with van der Waals surface area (Å²) in [6, 6.07) is 10.1. The van der Waals surface area contributed by atoms with Crippen LogP contribution in [-0.4, -0.2) is 12.6 Å². The van der Waals surface area contributed by atoms with E-state index >= 15 is 0 Å². The summed E-state index contributed by atoms with van der Waals surface area (Å²) in [6.07, 6.45) is 3.33. The topological polar surface area (TPSA) is 52.3 Å². The number of allylic oxidation sites excluding steroid dienone is 1. The maximum atomic E-state index is 11.2. The molecule has 0 bridgehead atoms. The molecule has 2 N–H and O–H groups in total. The first kappa shape index (κ1) is 12.3. The maximum Gasteiger partial charge on any atom is 0.353 e. The van der Waals surface area contributed by atoms with Gasteiger partial charge >= 0.3 is 5.97 Å². The van der Waals surface area contributed by atoms with E-state index in [0.717, 1.165) is 12.8 Å². The molecule has 3 nitrogen and oxygen atoms in total. The highest BCUT2D eigenvalue weighted by molar-refractivity contribution is 5.87. The standard InChI is InChI=1S/C13H17NO2/c1-2-16-13(15)12(14)10-6-9-11-7-4-3-5-8-11/h3-5,7-8,10H,2,6,9,14H2,1H3. The molecule has 0 atom stereocenters. The zero-order valence-electron chi connectivity index (χ0n) is 9.48. The minimum Gasteiger partial charge on any atom is -0.461 e. The molecule has 1 aromatic carbocycles. The Morgan fingerprint density at radius 3 is 2.69 bits per heavy atom. The van der Waals surface area contributed by atoms with Gasteiger partial charge < -0.3 is 10.5 Å². The van der Waals surface area contributed by atoms with Crippen LogP contribution in [0.3, 0.4) is 0 Å². The Kier molecular flexibility index (Phi) is 5.12. The van der Waals surface area contributed by atoms with Crippen LogP contribution in [0, 0.1) is 0 Å². The summed E-state index contributed by atoms with van der Waals surface area (Å²) in [6.45, 7) is 2.11. The summed E-state index contributed by atoms with van der Waals surface area (Å²) >= 11 is 0. The molecule has 0 saturated carbocycles. The van der Waals surface area contributed by atoms with Crippen molar-refractivity contribution in [1.29, 1.82) is 0 Å². The van der Waals surface area contributed by atoms with Crippen LogP contribution in [0.4, 0.5) is 0 Å². The van der Waals surface area contributed by atoms with Crippen LogP contribution in [0.15, 0.2) is 42.1 Å². The number of carbonyl (C=O) groups excluding carboxylic acids is 1. The van der Waals surface area contributed by atoms with Gasteiger partial charge in [0.25, 0.3) is 0 Å². The van der Waals surface area contributed by atoms with Crippen molar-refractivity contribution in [2.75, 3.05) is 6.61 Å². The average molecular weight is 219 g/mol. The summed E-state index contributed by atoms with van der Waals surface area (Å²) in [5.41, 5.74) is 6.98. The van der Waals surface area contributed by atoms with E-state index in [0.29, 0.717) is 6.61 Å². The number of rotatable bonds is 5. The van der Waals surface area contributed by atoms with Crippen molar-refractivity contribution >= 4 is 5.97 Å². The molecule has 0 heterocycles. The third-order valence-electron chi connectivity index (χ3n) is 2.15. The Morgan fingerprint density at radius 2 is 2.06 bits per heavy atom. The van der Waals surface area contributed by atoms with Crippen LogP contribution in [0.25, 0.3) is 0 Å². The molecule has 0 unspecified atom stereocenters. The average Bonchev–Trinajstić information content (AvgIpc) is 2.30. The maximum absolute atomic E-state index is 11.2. The largest absolute Gasteiger partial charge is 0.461 e. The minimum absolute atomic E-state index is 0.192. The van der Waals surface area contributed by atoms with Gasteiger partial charge in [-0.25, -0.2) is 4.79 Å². The predicted octanol–water partition coefficient (Wildman–Crippen LogP) is 2.02. The fourth-order valence-corrected chi connectivity index (χ4v) is 1.34. The number of aryl methyl sites for hydroxylation is 1. The van der Waals surface area contributed by atoms with Crippen LogP contribution < -0.4 is 5.73 Å². The SMILES string of the molecule is CCOC(=O)C(N)=CCCc1ccccc1. The third kappa shape index (κ3) is 4.17. The van der Waals surface area contributed by atoms with E-state index in [1.807, 2.05) is 30.3 Å². The van der Waals surface area contributed by atoms with Gasteiger partial charge in [-0.15, -0.1) is 0 Å². The van der Waals surface area contributed by atoms with Crippen molar-refractivity contribution in [1.82, 2.24) is 0 Å². The van der Waals surface area contributed by atoms with Gasteiger partial charge in [-0.2, -0.15) is 0 Å². The molecule has 1 rings (SSSR count). The molecule has 3 heteroatoms. The number of esters is 1. The lowest BCUT2D eigenvalue weighted by molar-refractivity contribution is -0.138. The van der Waals surface area contributed by atoms with E-state index in [1.54, 1.807) is 13.0 Å². The van der Waals surface area contributed by atoms with Crippen molar-refractivity contribution < 1.29 is 9.53 Å². The quantitative estimate of drug-likeness (QED) is 0.609. The molecule has 0 saturated heterocycles. The first-order valence-corrected chi connectivity index (χ1v) is 5.40. The Balaban J connectivity index is 2.39. The second-order valence-electron chi connectivity index (χ2n) is 3.40. The van der Waals surface area contributed by atoms with Crippen LogP contribution in [-0.2, 0) is 16.0 Å². The molecule has 0 fully saturated rings. The van der Waals surface area contributed by atoms with Gasteiger partial charge in [0.1, 0.15) is 5.70 Å². The van der Waals surface area contributed by atoms with Crippen molar-refractivity contribution in [3.8, 4) is 0 Å². The number of ether oxygens (including phenoxy) is 1. The van der Waals surface area contributed by atoms with Gasteiger partial charge in [0, 0.05) is 0 Å². The van der Waals surface area contributed by atoms with Crippen LogP contribution >= 0.6 is 0 Å². The molecule has 0 aliphatic rings. The molecule has 0 aliphatic heterocycles. The first-order valence-electron chi connectivity index (χ1n) is 5.40. The number of hydrogen-bond donors (Lipinski definition) is 1. The molecule has 0 aromatic heterocycles. The lowest BCUT2D eigenvalue weighted by Crippen LogP contribution is -2.14. The summed E-state index contributed by atoms with van der Waals surface area (Å²) in [5.74, 6) is -0.435. The van der Waals surface area contributed by atoms with Crippen LogP contribution in [0.2, 0.25) is 0 Å². The van der Waals surface area contributed by atoms with E-state index in [1.165, 1.54) is 5.56 Å². The highest BCUT2D eigenvalue weighted by atomic mass is 16.5. The Labute approximate surface area is 95.9 Å². The van der Waals surface area contributed by atoms with Crippen molar-refractivity contribution in [2.24, 2.45) is 5.73 Å². The molecule has 86 valence electrons. The third-order valence-corrected chi connectivity index (χ3v) is 2.15. The van der Waals surface area contributed by atoms with Gasteiger partial charge in [0.15, 0.2) is 0 Å². The van der Waals surface area contributed by atoms with E-state index in [9.17, 15) is 4.79 Å². The van der Waals surface area contributed by atoms with Gasteiger partial charge in [-0.3, -0.25) is 0 Å². The summed E-state index contributed by atoms with van der Waals surface area (Å²) in [4.78, 5) is 11.2. The molecule has 0 amide bonds. The molecule has 0 radical (unpaired) electrons. The fourth-order valence-electron chi connectivity index (χ4n) is 1.34. The second-order valence-corrected chi connectivity index (χ2v) is 3.40. The van der Waals surface area contributed by atoms with Gasteiger partial charge in [0.2, 0.25) is 0 Å². The number of nitrogens with two attached hydrogens (primary N) is 1. The smallest absolute Gasteiger partial charge is 0.353 e. The predicted molar refractivity (Wildman–Crippen MR) is 63.7 cm³/mol. The van der Waals surface area contributed by atoms with E-state index in [2.05, 4.69) is 0 Å². The molecule has 1 aromatic rings. The number of hydrogen-bond acceptors (Lipinski definition) is 3. The van der Waals surface area contributed by atoms with Crippen molar-refractivity contribution in [3.05, 3.63) is 47.7 Å². The van der Waals surface area contributed by atoms with Crippen LogP contribution in [0.1, 0.15) is 18.9 Å². The summed E-state index contributed by atoms with van der Waals surface area (Å²) in [5, 5.41) is 0.